The average Bonchev–Trinajstić information content (AvgIpc) is 3.03. The molecule has 1 fully saturated rings. The Kier molecular flexibility index (Phi) is 3.69. The van der Waals surface area contributed by atoms with Crippen molar-refractivity contribution in [3.8, 4) is 0 Å². The lowest BCUT2D eigenvalue weighted by Gasteiger charge is -2.20. The summed E-state index contributed by atoms with van der Waals surface area (Å²) in [7, 11) is 0. The van der Waals surface area contributed by atoms with Gasteiger partial charge in [0.15, 0.2) is 11.4 Å². The summed E-state index contributed by atoms with van der Waals surface area (Å²) in [6.45, 7) is 3.01. The Bertz CT molecular complexity index is 663. The third-order valence-electron chi connectivity index (χ3n) is 3.68. The number of hydrogen-bond donors (Lipinski definition) is 1. The second-order valence-corrected chi connectivity index (χ2v) is 5.76. The number of aromatic nitrogens is 2. The van der Waals surface area contributed by atoms with Crippen molar-refractivity contribution in [2.75, 3.05) is 13.1 Å². The highest BCUT2D eigenvalue weighted by atomic mass is 35.5. The minimum absolute atomic E-state index is 0.106. The Morgan fingerprint density at radius 2 is 2.33 bits per heavy atom. The third-order valence-corrected chi connectivity index (χ3v) is 3.97. The largest absolute Gasteiger partial charge is 0.379 e. The highest BCUT2D eigenvalue weighted by Crippen LogP contribution is 2.32. The van der Waals surface area contributed by atoms with Crippen LogP contribution in [0.3, 0.4) is 0 Å². The van der Waals surface area contributed by atoms with E-state index in [2.05, 4.69) is 10.1 Å². The second kappa shape index (κ2) is 5.36. The molecular weight excluding hydrogens is 297 g/mol. The molecule has 7 heteroatoms. The fourth-order valence-electron chi connectivity index (χ4n) is 2.58. The van der Waals surface area contributed by atoms with Gasteiger partial charge in [-0.3, -0.25) is 4.90 Å². The molecule has 1 atom stereocenters. The van der Waals surface area contributed by atoms with Gasteiger partial charge in [0.25, 0.3) is 5.89 Å². The van der Waals surface area contributed by atoms with E-state index in [-0.39, 0.29) is 10.9 Å². The summed E-state index contributed by atoms with van der Waals surface area (Å²) < 4.78 is 19.0. The smallest absolute Gasteiger partial charge is 0.259 e. The van der Waals surface area contributed by atoms with Crippen molar-refractivity contribution in [1.82, 2.24) is 15.0 Å². The Morgan fingerprint density at radius 1 is 1.52 bits per heavy atom. The van der Waals surface area contributed by atoms with Crippen molar-refractivity contribution < 1.29 is 14.0 Å². The molecule has 21 heavy (non-hydrogen) atoms. The minimum Gasteiger partial charge on any atom is -0.379 e. The van der Waals surface area contributed by atoms with Gasteiger partial charge in [0.05, 0.1) is 5.02 Å². The van der Waals surface area contributed by atoms with E-state index >= 15 is 0 Å². The van der Waals surface area contributed by atoms with Crippen molar-refractivity contribution in [3.63, 3.8) is 0 Å². The number of β-amino-alcohol motifs (C(OH)–C–C–N with tert-alkyl or cyclic N) is 1. The number of rotatable bonds is 3. The van der Waals surface area contributed by atoms with E-state index in [1.165, 1.54) is 6.07 Å². The van der Waals surface area contributed by atoms with Crippen molar-refractivity contribution in [2.45, 2.75) is 25.5 Å². The molecule has 0 aliphatic carbocycles. The van der Waals surface area contributed by atoms with Crippen LogP contribution in [0, 0.1) is 12.7 Å². The standard InChI is InChI=1S/C14H15ClFN3O2/c1-9-17-13(21-18-9)14(20)5-6-19(8-14)7-10-3-2-4-11(15)12(10)16/h2-4,20H,5-8H2,1H3. The molecule has 0 saturated carbocycles. The molecule has 1 unspecified atom stereocenters. The zero-order valence-electron chi connectivity index (χ0n) is 11.5. The first kappa shape index (κ1) is 14.4. The molecule has 1 aromatic heterocycles. The summed E-state index contributed by atoms with van der Waals surface area (Å²) >= 11 is 5.78. The highest BCUT2D eigenvalue weighted by molar-refractivity contribution is 6.30. The van der Waals surface area contributed by atoms with E-state index < -0.39 is 11.4 Å². The monoisotopic (exact) mass is 311 g/mol. The van der Waals surface area contributed by atoms with Crippen LogP contribution in [-0.2, 0) is 12.1 Å². The van der Waals surface area contributed by atoms with Gasteiger partial charge in [-0.25, -0.2) is 4.39 Å². The number of aliphatic hydroxyl groups is 1. The number of aryl methyl sites for hydroxylation is 1. The maximum atomic E-state index is 13.9. The van der Waals surface area contributed by atoms with E-state index in [1.807, 2.05) is 4.90 Å². The summed E-state index contributed by atoms with van der Waals surface area (Å²) in [5.41, 5.74) is -0.662. The summed E-state index contributed by atoms with van der Waals surface area (Å²) in [5, 5.41) is 14.4. The lowest BCUT2D eigenvalue weighted by molar-refractivity contribution is 0.0130. The molecular formula is C14H15ClFN3O2. The molecule has 1 N–H and O–H groups in total. The van der Waals surface area contributed by atoms with Crippen molar-refractivity contribution in [1.29, 1.82) is 0 Å². The third kappa shape index (κ3) is 2.79. The fourth-order valence-corrected chi connectivity index (χ4v) is 2.77. The van der Waals surface area contributed by atoms with Crippen LogP contribution < -0.4 is 0 Å². The predicted molar refractivity (Wildman–Crippen MR) is 74.2 cm³/mol. The molecule has 0 spiro atoms. The van der Waals surface area contributed by atoms with Crippen LogP contribution in [0.1, 0.15) is 23.7 Å². The van der Waals surface area contributed by atoms with Crippen molar-refractivity contribution in [3.05, 3.63) is 46.3 Å². The first-order valence-electron chi connectivity index (χ1n) is 6.66. The lowest BCUT2D eigenvalue weighted by atomic mass is 10.0. The minimum atomic E-state index is -1.17. The highest BCUT2D eigenvalue weighted by Gasteiger charge is 2.42. The molecule has 1 aliphatic heterocycles. The molecule has 3 rings (SSSR count). The van der Waals surface area contributed by atoms with Gasteiger partial charge in [0.1, 0.15) is 5.82 Å². The topological polar surface area (TPSA) is 62.4 Å². The summed E-state index contributed by atoms with van der Waals surface area (Å²) in [6.07, 6.45) is 0.469. The Balaban J connectivity index is 1.74. The Hall–Kier alpha value is -1.50. The molecule has 112 valence electrons. The SMILES string of the molecule is Cc1noc(C2(O)CCN(Cc3cccc(Cl)c3F)C2)n1. The first-order valence-corrected chi connectivity index (χ1v) is 7.04. The van der Waals surface area contributed by atoms with Crippen LogP contribution in [0.2, 0.25) is 5.02 Å². The van der Waals surface area contributed by atoms with Gasteiger partial charge in [-0.05, 0) is 19.4 Å². The number of nitrogens with zero attached hydrogens (tertiary/aromatic N) is 3. The molecule has 2 heterocycles. The average molecular weight is 312 g/mol. The van der Waals surface area contributed by atoms with E-state index in [1.54, 1.807) is 19.1 Å². The summed E-state index contributed by atoms with van der Waals surface area (Å²) in [4.78, 5) is 6.03. The van der Waals surface area contributed by atoms with Crippen LogP contribution in [0.15, 0.2) is 22.7 Å². The fraction of sp³-hybridized carbons (Fsp3) is 0.429. The first-order chi connectivity index (χ1) is 9.98. The van der Waals surface area contributed by atoms with Crippen molar-refractivity contribution in [2.24, 2.45) is 0 Å². The zero-order valence-corrected chi connectivity index (χ0v) is 12.3. The van der Waals surface area contributed by atoms with E-state index in [9.17, 15) is 9.50 Å². The van der Waals surface area contributed by atoms with Crippen LogP contribution in [0.4, 0.5) is 4.39 Å². The molecule has 0 bridgehead atoms. The van der Waals surface area contributed by atoms with Gasteiger partial charge in [-0.2, -0.15) is 4.98 Å². The molecule has 5 nitrogen and oxygen atoms in total. The van der Waals surface area contributed by atoms with Crippen LogP contribution in [0.25, 0.3) is 0 Å². The lowest BCUT2D eigenvalue weighted by Crippen LogP contribution is -2.31. The van der Waals surface area contributed by atoms with Gasteiger partial charge < -0.3 is 9.63 Å². The molecule has 2 aromatic rings. The zero-order chi connectivity index (χ0) is 15.0. The number of hydrogen-bond acceptors (Lipinski definition) is 5. The second-order valence-electron chi connectivity index (χ2n) is 5.35. The molecule has 0 amide bonds. The molecule has 1 aliphatic rings. The number of halogens is 2. The molecule has 1 saturated heterocycles. The normalized spacial score (nSPS) is 22.9. The van der Waals surface area contributed by atoms with Gasteiger partial charge in [-0.1, -0.05) is 28.9 Å². The van der Waals surface area contributed by atoms with Crippen LogP contribution >= 0.6 is 11.6 Å². The maximum absolute atomic E-state index is 13.9. The van der Waals surface area contributed by atoms with E-state index in [0.717, 1.165) is 0 Å². The van der Waals surface area contributed by atoms with Crippen molar-refractivity contribution >= 4 is 11.6 Å². The van der Waals surface area contributed by atoms with Crippen LogP contribution in [-0.4, -0.2) is 33.2 Å². The Morgan fingerprint density at radius 3 is 3.05 bits per heavy atom. The van der Waals surface area contributed by atoms with Gasteiger partial charge in [0.2, 0.25) is 0 Å². The summed E-state index contributed by atoms with van der Waals surface area (Å²) in [5.74, 6) is 0.287. The molecule has 0 radical (unpaired) electrons. The summed E-state index contributed by atoms with van der Waals surface area (Å²) in [6, 6.07) is 4.92. The quantitative estimate of drug-likeness (QED) is 0.942. The maximum Gasteiger partial charge on any atom is 0.259 e. The molecule has 1 aromatic carbocycles. The van der Waals surface area contributed by atoms with Gasteiger partial charge in [0, 0.05) is 25.2 Å². The number of likely N-dealkylation sites (tertiary alicyclic amines) is 1. The van der Waals surface area contributed by atoms with E-state index in [0.29, 0.717) is 37.4 Å². The predicted octanol–water partition coefficient (Wildman–Crippen LogP) is 2.26. The van der Waals surface area contributed by atoms with Gasteiger partial charge in [-0.15, -0.1) is 0 Å². The van der Waals surface area contributed by atoms with Gasteiger partial charge >= 0.3 is 0 Å². The Labute approximate surface area is 126 Å². The number of benzene rings is 1. The van der Waals surface area contributed by atoms with Crippen LogP contribution in [0.5, 0.6) is 0 Å². The van der Waals surface area contributed by atoms with E-state index in [4.69, 9.17) is 16.1 Å².